The van der Waals surface area contributed by atoms with Crippen molar-refractivity contribution in [2.75, 3.05) is 59.6 Å². The summed E-state index contributed by atoms with van der Waals surface area (Å²) >= 11 is 0. The van der Waals surface area contributed by atoms with Crippen molar-refractivity contribution in [1.82, 2.24) is 19.7 Å². The van der Waals surface area contributed by atoms with Crippen molar-refractivity contribution >= 4 is 11.8 Å². The van der Waals surface area contributed by atoms with Crippen LogP contribution in [0, 0.1) is 23.2 Å². The number of hydrogen-bond acceptors (Lipinski definition) is 6. The van der Waals surface area contributed by atoms with Gasteiger partial charge in [0.2, 0.25) is 11.8 Å². The molecule has 2 unspecified atom stereocenters. The number of hydrogen-bond donors (Lipinski definition) is 0. The standard InChI is InChI=1S/C32H43F3N4O4/c1-42-28-20-43-12-7-23(28)13-22-14-26-19-39(29(40)5-4-10-37-8-2-3-9-37)21-31(26,16-22)30(41)38-11-6-27-24(18-38)15-25(17-36-27)32(33,34)35/h4-5,15,17,22-23,26,28H,2-3,6-14,16,18-21H2,1H3/b5-4+/t22-,23?,26+,28?,31+/m1/s1. The van der Waals surface area contributed by atoms with E-state index in [9.17, 15) is 22.8 Å². The van der Waals surface area contributed by atoms with E-state index in [0.29, 0.717) is 68.8 Å². The maximum Gasteiger partial charge on any atom is 0.417 e. The fourth-order valence-corrected chi connectivity index (χ4v) is 8.34. The molecule has 4 fully saturated rings. The van der Waals surface area contributed by atoms with E-state index in [4.69, 9.17) is 9.47 Å². The van der Waals surface area contributed by atoms with Crippen molar-refractivity contribution in [1.29, 1.82) is 0 Å². The van der Waals surface area contributed by atoms with Gasteiger partial charge in [-0.15, -0.1) is 0 Å². The van der Waals surface area contributed by atoms with Crippen LogP contribution in [0.25, 0.3) is 0 Å². The molecule has 1 aromatic heterocycles. The summed E-state index contributed by atoms with van der Waals surface area (Å²) in [7, 11) is 1.72. The highest BCUT2D eigenvalue weighted by atomic mass is 19.4. The first-order valence-corrected chi connectivity index (χ1v) is 15.8. The molecule has 0 N–H and O–H groups in total. The Balaban J connectivity index is 1.20. The molecule has 0 spiro atoms. The van der Waals surface area contributed by atoms with Crippen molar-refractivity contribution in [3.63, 3.8) is 0 Å². The van der Waals surface area contributed by atoms with Gasteiger partial charge in [-0.05, 0) is 81.0 Å². The number of carbonyl (C=O) groups excluding carboxylic acids is 2. The van der Waals surface area contributed by atoms with E-state index in [2.05, 4.69) is 9.88 Å². The summed E-state index contributed by atoms with van der Waals surface area (Å²) in [6.07, 6.45) is 6.21. The Kier molecular flexibility index (Phi) is 8.86. The van der Waals surface area contributed by atoms with Gasteiger partial charge in [0.25, 0.3) is 0 Å². The molecule has 236 valence electrons. The number of rotatable bonds is 7. The SMILES string of the molecule is COC1COCCC1C[C@@H]1C[C@H]2CN(C(=O)/C=C/CN3CCCC3)C[C@@]2(C(=O)N2CCc3ncc(C(F)(F)F)cc3C2)C1. The molecule has 5 aliphatic rings. The van der Waals surface area contributed by atoms with Crippen molar-refractivity contribution in [2.45, 2.75) is 63.8 Å². The van der Waals surface area contributed by atoms with Crippen LogP contribution in [0.3, 0.4) is 0 Å². The predicted octanol–water partition coefficient (Wildman–Crippen LogP) is 3.93. The number of pyridine rings is 1. The first kappa shape index (κ1) is 30.5. The maximum absolute atomic E-state index is 14.5. The van der Waals surface area contributed by atoms with Crippen LogP contribution in [-0.4, -0.2) is 97.2 Å². The first-order chi connectivity index (χ1) is 20.7. The number of likely N-dealkylation sites (tertiary alicyclic amines) is 2. The largest absolute Gasteiger partial charge is 0.417 e. The minimum absolute atomic E-state index is 0.0165. The van der Waals surface area contributed by atoms with Crippen molar-refractivity contribution in [3.05, 3.63) is 41.2 Å². The lowest BCUT2D eigenvalue weighted by molar-refractivity contribution is -0.144. The number of amides is 2. The van der Waals surface area contributed by atoms with Gasteiger partial charge < -0.3 is 19.3 Å². The highest BCUT2D eigenvalue weighted by molar-refractivity contribution is 5.90. The van der Waals surface area contributed by atoms with Crippen LogP contribution < -0.4 is 0 Å². The van der Waals surface area contributed by atoms with Crippen LogP contribution in [-0.2, 0) is 38.2 Å². The Morgan fingerprint density at radius 2 is 2.02 bits per heavy atom. The van der Waals surface area contributed by atoms with Crippen LogP contribution in [0.5, 0.6) is 0 Å². The number of fused-ring (bicyclic) bond motifs is 2. The van der Waals surface area contributed by atoms with E-state index in [0.717, 1.165) is 51.2 Å². The minimum atomic E-state index is -4.49. The van der Waals surface area contributed by atoms with Crippen LogP contribution in [0.1, 0.15) is 55.3 Å². The lowest BCUT2D eigenvalue weighted by Gasteiger charge is -2.37. The van der Waals surface area contributed by atoms with Crippen LogP contribution >= 0.6 is 0 Å². The molecule has 11 heteroatoms. The third-order valence-electron chi connectivity index (χ3n) is 10.6. The summed E-state index contributed by atoms with van der Waals surface area (Å²) < 4.78 is 51.6. The van der Waals surface area contributed by atoms with Gasteiger partial charge in [-0.3, -0.25) is 19.5 Å². The summed E-state index contributed by atoms with van der Waals surface area (Å²) in [5, 5.41) is 0. The molecule has 0 bridgehead atoms. The first-order valence-electron chi connectivity index (χ1n) is 15.8. The lowest BCUT2D eigenvalue weighted by Crippen LogP contribution is -2.49. The van der Waals surface area contributed by atoms with E-state index < -0.39 is 17.2 Å². The zero-order valence-electron chi connectivity index (χ0n) is 25.0. The highest BCUT2D eigenvalue weighted by Gasteiger charge is 2.59. The topological polar surface area (TPSA) is 75.2 Å². The van der Waals surface area contributed by atoms with Gasteiger partial charge in [0, 0.05) is 70.8 Å². The molecule has 3 saturated heterocycles. The summed E-state index contributed by atoms with van der Waals surface area (Å²) in [4.78, 5) is 37.8. The van der Waals surface area contributed by atoms with Gasteiger partial charge in [-0.1, -0.05) is 6.08 Å². The Labute approximate surface area is 251 Å². The third-order valence-corrected chi connectivity index (χ3v) is 10.6. The molecule has 6 rings (SSSR count). The quantitative estimate of drug-likeness (QED) is 0.440. The number of carbonyl (C=O) groups is 2. The van der Waals surface area contributed by atoms with Crippen molar-refractivity contribution in [3.8, 4) is 0 Å². The predicted molar refractivity (Wildman–Crippen MR) is 153 cm³/mol. The van der Waals surface area contributed by atoms with Crippen molar-refractivity contribution in [2.24, 2.45) is 23.2 Å². The Bertz CT molecular complexity index is 1220. The molecule has 2 amide bonds. The maximum atomic E-state index is 14.5. The second-order valence-corrected chi connectivity index (χ2v) is 13.2. The molecule has 0 radical (unpaired) electrons. The average Bonchev–Trinajstić information content (AvgIpc) is 3.72. The second-order valence-electron chi connectivity index (χ2n) is 13.2. The molecule has 0 aromatic carbocycles. The molecule has 5 heterocycles. The van der Waals surface area contributed by atoms with Gasteiger partial charge in [-0.25, -0.2) is 0 Å². The van der Waals surface area contributed by atoms with E-state index in [-0.39, 0.29) is 30.4 Å². The third kappa shape index (κ3) is 6.35. The van der Waals surface area contributed by atoms with Gasteiger partial charge in [-0.2, -0.15) is 13.2 Å². The number of aromatic nitrogens is 1. The average molecular weight is 605 g/mol. The molecule has 4 aliphatic heterocycles. The van der Waals surface area contributed by atoms with Crippen LogP contribution in [0.15, 0.2) is 24.4 Å². The number of halogens is 3. The van der Waals surface area contributed by atoms with Gasteiger partial charge in [0.1, 0.15) is 0 Å². The summed E-state index contributed by atoms with van der Waals surface area (Å²) in [6, 6.07) is 1.14. The van der Waals surface area contributed by atoms with Gasteiger partial charge in [0.15, 0.2) is 0 Å². The summed E-state index contributed by atoms with van der Waals surface area (Å²) in [5.74, 6) is 0.588. The molecule has 1 aliphatic carbocycles. The molecule has 8 nitrogen and oxygen atoms in total. The summed E-state index contributed by atoms with van der Waals surface area (Å²) in [5.41, 5.74) is -0.451. The molecular weight excluding hydrogens is 561 g/mol. The number of alkyl halides is 3. The van der Waals surface area contributed by atoms with E-state index in [1.54, 1.807) is 18.1 Å². The molecule has 43 heavy (non-hydrogen) atoms. The molecule has 5 atom stereocenters. The normalized spacial score (nSPS) is 31.5. The zero-order valence-corrected chi connectivity index (χ0v) is 25.0. The summed E-state index contributed by atoms with van der Waals surface area (Å²) in [6.45, 7) is 5.55. The van der Waals surface area contributed by atoms with Crippen LogP contribution in [0.4, 0.5) is 13.2 Å². The highest BCUT2D eigenvalue weighted by Crippen LogP contribution is 2.54. The van der Waals surface area contributed by atoms with Gasteiger partial charge in [0.05, 0.1) is 23.7 Å². The Morgan fingerprint density at radius 1 is 1.21 bits per heavy atom. The Hall–Kier alpha value is -2.50. The molecule has 1 saturated carbocycles. The lowest BCUT2D eigenvalue weighted by atomic mass is 9.78. The van der Waals surface area contributed by atoms with E-state index >= 15 is 0 Å². The van der Waals surface area contributed by atoms with E-state index in [1.807, 2.05) is 11.0 Å². The fourth-order valence-electron chi connectivity index (χ4n) is 8.34. The Morgan fingerprint density at radius 3 is 2.79 bits per heavy atom. The second kappa shape index (κ2) is 12.5. The van der Waals surface area contributed by atoms with Crippen LogP contribution in [0.2, 0.25) is 0 Å². The monoisotopic (exact) mass is 604 g/mol. The van der Waals surface area contributed by atoms with Crippen molar-refractivity contribution < 1.29 is 32.2 Å². The smallest absolute Gasteiger partial charge is 0.379 e. The minimum Gasteiger partial charge on any atom is -0.379 e. The van der Waals surface area contributed by atoms with Gasteiger partial charge >= 0.3 is 6.18 Å². The number of ether oxygens (including phenoxy) is 2. The number of nitrogens with zero attached hydrogens (tertiary/aromatic N) is 4. The van der Waals surface area contributed by atoms with E-state index in [1.165, 1.54) is 12.8 Å². The molecular formula is C32H43F3N4O4. The molecule has 1 aromatic rings. The number of methoxy groups -OCH3 is 1. The fraction of sp³-hybridized carbons (Fsp3) is 0.719. The zero-order chi connectivity index (χ0) is 30.2.